The van der Waals surface area contributed by atoms with Crippen LogP contribution in [-0.2, 0) is 0 Å². The number of nitrogens with two attached hydrogens (primary N) is 1. The summed E-state index contributed by atoms with van der Waals surface area (Å²) in [4.78, 5) is 12.4. The minimum atomic E-state index is 0.0457. The van der Waals surface area contributed by atoms with Gasteiger partial charge in [0.2, 0.25) is 5.95 Å². The fraction of sp³-hybridized carbons (Fsp3) is 0.0526. The van der Waals surface area contributed by atoms with Crippen LogP contribution in [0.25, 0.3) is 11.3 Å². The van der Waals surface area contributed by atoms with E-state index >= 15 is 0 Å². The molecule has 0 fully saturated rings. The topological polar surface area (TPSA) is 109 Å². The van der Waals surface area contributed by atoms with Crippen LogP contribution in [0.15, 0.2) is 42.7 Å². The van der Waals surface area contributed by atoms with E-state index in [0.717, 1.165) is 5.56 Å². The highest BCUT2D eigenvalue weighted by atomic mass is 16.3. The van der Waals surface area contributed by atoms with Crippen LogP contribution in [0, 0.1) is 30.1 Å². The van der Waals surface area contributed by atoms with Crippen LogP contribution < -0.4 is 5.73 Å². The van der Waals surface area contributed by atoms with E-state index in [0.29, 0.717) is 28.1 Å². The minimum Gasteiger partial charge on any atom is -0.506 e. The van der Waals surface area contributed by atoms with Crippen LogP contribution in [-0.4, -0.2) is 20.1 Å². The lowest BCUT2D eigenvalue weighted by molar-refractivity contribution is 0.472. The van der Waals surface area contributed by atoms with Gasteiger partial charge in [0, 0.05) is 17.3 Å². The summed E-state index contributed by atoms with van der Waals surface area (Å²) in [7, 11) is 0. The van der Waals surface area contributed by atoms with Crippen molar-refractivity contribution in [3.8, 4) is 34.9 Å². The molecular weight excluding hydrogens is 314 g/mol. The van der Waals surface area contributed by atoms with Gasteiger partial charge < -0.3 is 10.8 Å². The summed E-state index contributed by atoms with van der Waals surface area (Å²) >= 11 is 0. The number of aromatic hydroxyl groups is 1. The number of nitrogen functional groups attached to an aromatic ring is 1. The second kappa shape index (κ2) is 6.69. The molecule has 120 valence electrons. The Kier molecular flexibility index (Phi) is 4.28. The van der Waals surface area contributed by atoms with Gasteiger partial charge in [-0.15, -0.1) is 0 Å². The van der Waals surface area contributed by atoms with Crippen LogP contribution in [0.4, 0.5) is 5.95 Å². The fourth-order valence-electron chi connectivity index (χ4n) is 2.29. The lowest BCUT2D eigenvalue weighted by Gasteiger charge is -2.08. The molecule has 0 saturated carbocycles. The fourth-order valence-corrected chi connectivity index (χ4v) is 2.29. The summed E-state index contributed by atoms with van der Waals surface area (Å²) in [6, 6.07) is 10.6. The Labute approximate surface area is 144 Å². The first-order valence-corrected chi connectivity index (χ1v) is 7.37. The number of rotatable bonds is 1. The van der Waals surface area contributed by atoms with E-state index in [1.54, 1.807) is 37.4 Å². The zero-order chi connectivity index (χ0) is 17.8. The highest BCUT2D eigenvalue weighted by Gasteiger charge is 2.11. The lowest BCUT2D eigenvalue weighted by atomic mass is 10.0. The average molecular weight is 327 g/mol. The molecule has 0 saturated heterocycles. The number of aryl methyl sites for hydroxylation is 1. The van der Waals surface area contributed by atoms with Gasteiger partial charge in [-0.3, -0.25) is 4.98 Å². The van der Waals surface area contributed by atoms with Crippen molar-refractivity contribution in [2.24, 2.45) is 0 Å². The van der Waals surface area contributed by atoms with Crippen molar-refractivity contribution in [3.05, 3.63) is 65.1 Å². The lowest BCUT2D eigenvalue weighted by Crippen LogP contribution is -2.02. The highest BCUT2D eigenvalue weighted by Crippen LogP contribution is 2.24. The number of nitrogens with zero attached hydrogens (tertiary/aromatic N) is 4. The van der Waals surface area contributed by atoms with Gasteiger partial charge in [0.1, 0.15) is 5.75 Å². The highest BCUT2D eigenvalue weighted by molar-refractivity contribution is 5.70. The van der Waals surface area contributed by atoms with Crippen molar-refractivity contribution < 1.29 is 5.11 Å². The summed E-state index contributed by atoms with van der Waals surface area (Å²) in [6.45, 7) is 1.80. The third-order valence-electron chi connectivity index (χ3n) is 3.45. The smallest absolute Gasteiger partial charge is 0.220 e. The first kappa shape index (κ1) is 16.0. The molecule has 0 radical (unpaired) electrons. The van der Waals surface area contributed by atoms with Gasteiger partial charge in [0.05, 0.1) is 34.8 Å². The maximum absolute atomic E-state index is 9.49. The Morgan fingerprint density at radius 2 is 1.80 bits per heavy atom. The Morgan fingerprint density at radius 3 is 2.48 bits per heavy atom. The Morgan fingerprint density at radius 1 is 1.04 bits per heavy atom. The summed E-state index contributed by atoms with van der Waals surface area (Å²) in [5.41, 5.74) is 9.56. The van der Waals surface area contributed by atoms with Crippen molar-refractivity contribution in [1.29, 1.82) is 5.26 Å². The third kappa shape index (κ3) is 3.54. The van der Waals surface area contributed by atoms with Crippen LogP contribution in [0.3, 0.4) is 0 Å². The first-order chi connectivity index (χ1) is 12.1. The molecule has 0 bridgehead atoms. The number of pyridine rings is 1. The van der Waals surface area contributed by atoms with Crippen molar-refractivity contribution in [3.63, 3.8) is 0 Å². The molecule has 3 N–H and O–H groups in total. The maximum Gasteiger partial charge on any atom is 0.220 e. The molecule has 0 aliphatic heterocycles. The van der Waals surface area contributed by atoms with E-state index in [1.807, 2.05) is 0 Å². The predicted octanol–water partition coefficient (Wildman–Crippen LogP) is 2.41. The summed E-state index contributed by atoms with van der Waals surface area (Å²) in [5.74, 6) is 6.18. The Hall–Kier alpha value is -3.90. The standard InChI is InChI=1S/C19H13N5O/c1-12-17(7-4-14-8-16(25)11-22-10-14)18(24-19(21)23-12)15-5-2-13(9-20)3-6-15/h2-3,5-6,8,10-11,25H,1H3,(H2,21,23,24). The molecule has 0 aliphatic carbocycles. The Balaban J connectivity index is 2.12. The number of hydrogen-bond acceptors (Lipinski definition) is 6. The summed E-state index contributed by atoms with van der Waals surface area (Å²) in [6.07, 6.45) is 2.90. The van der Waals surface area contributed by atoms with E-state index in [2.05, 4.69) is 32.9 Å². The van der Waals surface area contributed by atoms with E-state index in [-0.39, 0.29) is 11.7 Å². The Bertz CT molecular complexity index is 1040. The summed E-state index contributed by atoms with van der Waals surface area (Å²) < 4.78 is 0. The van der Waals surface area contributed by atoms with Crippen molar-refractivity contribution in [1.82, 2.24) is 15.0 Å². The molecule has 3 aromatic rings. The maximum atomic E-state index is 9.49. The molecular formula is C19H13N5O. The number of nitriles is 1. The number of aromatic nitrogens is 3. The molecule has 2 aromatic heterocycles. The molecule has 0 amide bonds. The van der Waals surface area contributed by atoms with Gasteiger partial charge in [-0.1, -0.05) is 24.0 Å². The largest absolute Gasteiger partial charge is 0.506 e. The van der Waals surface area contributed by atoms with E-state index < -0.39 is 0 Å². The molecule has 0 aliphatic rings. The quantitative estimate of drug-likeness (QED) is 0.664. The van der Waals surface area contributed by atoms with Gasteiger partial charge in [-0.05, 0) is 25.1 Å². The second-order valence-electron chi connectivity index (χ2n) is 5.26. The molecule has 1 aromatic carbocycles. The van der Waals surface area contributed by atoms with Gasteiger partial charge in [-0.25, -0.2) is 9.97 Å². The number of benzene rings is 1. The summed E-state index contributed by atoms with van der Waals surface area (Å²) in [5, 5.41) is 18.4. The average Bonchev–Trinajstić information content (AvgIpc) is 2.60. The van der Waals surface area contributed by atoms with Crippen LogP contribution >= 0.6 is 0 Å². The second-order valence-corrected chi connectivity index (χ2v) is 5.26. The number of anilines is 1. The first-order valence-electron chi connectivity index (χ1n) is 7.37. The van der Waals surface area contributed by atoms with Crippen LogP contribution in [0.1, 0.15) is 22.4 Å². The molecule has 0 spiro atoms. The molecule has 3 rings (SSSR count). The van der Waals surface area contributed by atoms with Gasteiger partial charge in [-0.2, -0.15) is 5.26 Å². The normalized spacial score (nSPS) is 9.76. The monoisotopic (exact) mass is 327 g/mol. The van der Waals surface area contributed by atoms with Gasteiger partial charge in [0.15, 0.2) is 0 Å². The number of hydrogen-bond donors (Lipinski definition) is 2. The van der Waals surface area contributed by atoms with E-state index in [4.69, 9.17) is 11.0 Å². The van der Waals surface area contributed by atoms with Crippen LogP contribution in [0.2, 0.25) is 0 Å². The van der Waals surface area contributed by atoms with Crippen molar-refractivity contribution >= 4 is 5.95 Å². The van der Waals surface area contributed by atoms with Crippen molar-refractivity contribution in [2.45, 2.75) is 6.92 Å². The van der Waals surface area contributed by atoms with Gasteiger partial charge in [0.25, 0.3) is 0 Å². The predicted molar refractivity (Wildman–Crippen MR) is 93.2 cm³/mol. The molecule has 6 heteroatoms. The van der Waals surface area contributed by atoms with E-state index in [9.17, 15) is 5.11 Å². The van der Waals surface area contributed by atoms with Gasteiger partial charge >= 0.3 is 0 Å². The zero-order valence-electron chi connectivity index (χ0n) is 13.4. The van der Waals surface area contributed by atoms with E-state index in [1.165, 1.54) is 12.3 Å². The third-order valence-corrected chi connectivity index (χ3v) is 3.45. The molecule has 6 nitrogen and oxygen atoms in total. The zero-order valence-corrected chi connectivity index (χ0v) is 13.4. The molecule has 0 atom stereocenters. The SMILES string of the molecule is Cc1nc(N)nc(-c2ccc(C#N)cc2)c1C#Cc1cncc(O)c1. The molecule has 2 heterocycles. The van der Waals surface area contributed by atoms with Crippen molar-refractivity contribution in [2.75, 3.05) is 5.73 Å². The molecule has 25 heavy (non-hydrogen) atoms. The minimum absolute atomic E-state index is 0.0457. The molecule has 0 unspecified atom stereocenters. The van der Waals surface area contributed by atoms with Crippen LogP contribution in [0.5, 0.6) is 5.75 Å².